The molecule has 1 unspecified atom stereocenters. The van der Waals surface area contributed by atoms with Gasteiger partial charge in [0.25, 0.3) is 0 Å². The van der Waals surface area contributed by atoms with Crippen molar-refractivity contribution in [2.24, 2.45) is 0 Å². The molecule has 0 radical (unpaired) electrons. The number of rotatable bonds is 7. The molecule has 0 aromatic rings. The van der Waals surface area contributed by atoms with Crippen LogP contribution in [0.1, 0.15) is 6.42 Å². The zero-order valence-electron chi connectivity index (χ0n) is 9.41. The fourth-order valence-corrected chi connectivity index (χ4v) is 1.46. The summed E-state index contributed by atoms with van der Waals surface area (Å²) >= 11 is 0. The van der Waals surface area contributed by atoms with E-state index in [1.165, 1.54) is 0 Å². The van der Waals surface area contributed by atoms with Gasteiger partial charge < -0.3 is 25.2 Å². The average Bonchev–Trinajstić information content (AvgIpc) is 2.30. The molecule has 6 heteroatoms. The minimum atomic E-state index is -0.0266. The Balaban J connectivity index is 1.97. The summed E-state index contributed by atoms with van der Waals surface area (Å²) < 4.78 is 10.4. The summed E-state index contributed by atoms with van der Waals surface area (Å²) in [6.07, 6.45) is 0.361. The molecule has 1 atom stereocenters. The van der Waals surface area contributed by atoms with Gasteiger partial charge in [0.15, 0.2) is 0 Å². The van der Waals surface area contributed by atoms with Gasteiger partial charge >= 0.3 is 0 Å². The topological polar surface area (TPSA) is 79.8 Å². The maximum absolute atomic E-state index is 11.4. The number of morpholine rings is 1. The SMILES string of the molecule is O=C(CC1CNCCO1)NCCOCCO. The molecule has 1 amide bonds. The van der Waals surface area contributed by atoms with Crippen LogP contribution < -0.4 is 10.6 Å². The number of amides is 1. The Morgan fingerprint density at radius 1 is 1.56 bits per heavy atom. The maximum atomic E-state index is 11.4. The highest BCUT2D eigenvalue weighted by Gasteiger charge is 2.16. The van der Waals surface area contributed by atoms with Crippen LogP contribution in [-0.2, 0) is 14.3 Å². The molecule has 0 aromatic heterocycles. The third kappa shape index (κ3) is 6.02. The first-order valence-corrected chi connectivity index (χ1v) is 5.60. The Labute approximate surface area is 95.3 Å². The van der Waals surface area contributed by atoms with E-state index in [2.05, 4.69) is 10.6 Å². The predicted octanol–water partition coefficient (Wildman–Crippen LogP) is -1.51. The predicted molar refractivity (Wildman–Crippen MR) is 58.1 cm³/mol. The molecule has 3 N–H and O–H groups in total. The minimum absolute atomic E-state index is 0.00945. The molecule has 0 aromatic carbocycles. The van der Waals surface area contributed by atoms with E-state index in [1.807, 2.05) is 0 Å². The van der Waals surface area contributed by atoms with E-state index in [0.717, 1.165) is 13.1 Å². The van der Waals surface area contributed by atoms with Crippen molar-refractivity contribution in [3.63, 3.8) is 0 Å². The highest BCUT2D eigenvalue weighted by Crippen LogP contribution is 2.00. The third-order valence-corrected chi connectivity index (χ3v) is 2.22. The Hall–Kier alpha value is -0.690. The van der Waals surface area contributed by atoms with Crippen LogP contribution in [0.3, 0.4) is 0 Å². The summed E-state index contributed by atoms with van der Waals surface area (Å²) in [4.78, 5) is 11.4. The van der Waals surface area contributed by atoms with Crippen molar-refractivity contribution in [1.29, 1.82) is 0 Å². The number of carbonyl (C=O) groups is 1. The molecule has 1 aliphatic rings. The van der Waals surface area contributed by atoms with Crippen molar-refractivity contribution >= 4 is 5.91 Å². The second-order valence-corrected chi connectivity index (χ2v) is 3.59. The second kappa shape index (κ2) is 8.46. The van der Waals surface area contributed by atoms with Crippen LogP contribution in [0.4, 0.5) is 0 Å². The number of nitrogens with one attached hydrogen (secondary N) is 2. The van der Waals surface area contributed by atoms with Crippen LogP contribution >= 0.6 is 0 Å². The smallest absolute Gasteiger partial charge is 0.222 e. The van der Waals surface area contributed by atoms with E-state index < -0.39 is 0 Å². The average molecular weight is 232 g/mol. The third-order valence-electron chi connectivity index (χ3n) is 2.22. The molecule has 0 saturated carbocycles. The van der Waals surface area contributed by atoms with Gasteiger partial charge in [-0.05, 0) is 0 Å². The first-order valence-electron chi connectivity index (χ1n) is 5.60. The van der Waals surface area contributed by atoms with Crippen molar-refractivity contribution in [2.75, 3.05) is 46.1 Å². The summed E-state index contributed by atoms with van der Waals surface area (Å²) in [7, 11) is 0. The molecule has 1 aliphatic heterocycles. The fourth-order valence-electron chi connectivity index (χ4n) is 1.46. The van der Waals surface area contributed by atoms with E-state index >= 15 is 0 Å². The summed E-state index contributed by atoms with van der Waals surface area (Å²) in [6.45, 7) is 3.47. The van der Waals surface area contributed by atoms with E-state index in [0.29, 0.717) is 32.8 Å². The number of hydrogen-bond acceptors (Lipinski definition) is 5. The van der Waals surface area contributed by atoms with Gasteiger partial charge in [-0.25, -0.2) is 0 Å². The van der Waals surface area contributed by atoms with Gasteiger partial charge in [0.1, 0.15) is 0 Å². The van der Waals surface area contributed by atoms with Crippen molar-refractivity contribution in [1.82, 2.24) is 10.6 Å². The van der Waals surface area contributed by atoms with Crippen LogP contribution in [-0.4, -0.2) is 63.2 Å². The van der Waals surface area contributed by atoms with Crippen LogP contribution in [0, 0.1) is 0 Å². The molecular weight excluding hydrogens is 212 g/mol. The molecule has 1 heterocycles. The van der Waals surface area contributed by atoms with E-state index in [-0.39, 0.29) is 18.6 Å². The van der Waals surface area contributed by atoms with Crippen LogP contribution in [0.5, 0.6) is 0 Å². The number of aliphatic hydroxyl groups is 1. The Bertz CT molecular complexity index is 195. The number of ether oxygens (including phenoxy) is 2. The van der Waals surface area contributed by atoms with Crippen molar-refractivity contribution in [3.8, 4) is 0 Å². The van der Waals surface area contributed by atoms with E-state index in [4.69, 9.17) is 14.6 Å². The molecule has 0 bridgehead atoms. The van der Waals surface area contributed by atoms with Gasteiger partial charge in [-0.15, -0.1) is 0 Å². The fraction of sp³-hybridized carbons (Fsp3) is 0.900. The molecule has 1 saturated heterocycles. The van der Waals surface area contributed by atoms with Crippen LogP contribution in [0.2, 0.25) is 0 Å². The van der Waals surface area contributed by atoms with Gasteiger partial charge in [0, 0.05) is 19.6 Å². The van der Waals surface area contributed by atoms with Gasteiger partial charge in [-0.1, -0.05) is 0 Å². The summed E-state index contributed by atoms with van der Waals surface area (Å²) in [6, 6.07) is 0. The van der Waals surface area contributed by atoms with Gasteiger partial charge in [-0.2, -0.15) is 0 Å². The van der Waals surface area contributed by atoms with Crippen molar-refractivity contribution in [3.05, 3.63) is 0 Å². The Morgan fingerprint density at radius 3 is 3.12 bits per heavy atom. The lowest BCUT2D eigenvalue weighted by atomic mass is 10.2. The quantitative estimate of drug-likeness (QED) is 0.465. The molecule has 0 spiro atoms. The van der Waals surface area contributed by atoms with E-state index in [1.54, 1.807) is 0 Å². The highest BCUT2D eigenvalue weighted by molar-refractivity contribution is 5.76. The largest absolute Gasteiger partial charge is 0.394 e. The number of hydrogen-bond donors (Lipinski definition) is 3. The number of carbonyl (C=O) groups excluding carboxylic acids is 1. The van der Waals surface area contributed by atoms with Gasteiger partial charge in [0.2, 0.25) is 5.91 Å². The molecule has 0 aliphatic carbocycles. The zero-order valence-corrected chi connectivity index (χ0v) is 9.41. The summed E-state index contributed by atoms with van der Waals surface area (Å²) in [5, 5.41) is 14.4. The van der Waals surface area contributed by atoms with Crippen LogP contribution in [0.15, 0.2) is 0 Å². The Kier molecular flexibility index (Phi) is 7.07. The molecule has 6 nitrogen and oxygen atoms in total. The molecule has 16 heavy (non-hydrogen) atoms. The van der Waals surface area contributed by atoms with Gasteiger partial charge in [0.05, 0.1) is 39.0 Å². The van der Waals surface area contributed by atoms with Crippen LogP contribution in [0.25, 0.3) is 0 Å². The molecule has 94 valence electrons. The minimum Gasteiger partial charge on any atom is -0.394 e. The first-order chi connectivity index (χ1) is 7.83. The molecule has 1 fully saturated rings. The second-order valence-electron chi connectivity index (χ2n) is 3.59. The maximum Gasteiger partial charge on any atom is 0.222 e. The first kappa shape index (κ1) is 13.4. The molecular formula is C10H20N2O4. The van der Waals surface area contributed by atoms with Crippen molar-refractivity contribution < 1.29 is 19.4 Å². The lowest BCUT2D eigenvalue weighted by molar-refractivity contribution is -0.124. The highest BCUT2D eigenvalue weighted by atomic mass is 16.5. The van der Waals surface area contributed by atoms with E-state index in [9.17, 15) is 4.79 Å². The zero-order chi connectivity index (χ0) is 11.6. The molecule has 1 rings (SSSR count). The summed E-state index contributed by atoms with van der Waals surface area (Å²) in [5.41, 5.74) is 0. The monoisotopic (exact) mass is 232 g/mol. The lowest BCUT2D eigenvalue weighted by Crippen LogP contribution is -2.41. The Morgan fingerprint density at radius 2 is 2.44 bits per heavy atom. The standard InChI is InChI=1S/C10H20N2O4/c13-3-6-15-4-2-12-10(14)7-9-8-11-1-5-16-9/h9,11,13H,1-8H2,(H,12,14). The van der Waals surface area contributed by atoms with Gasteiger partial charge in [-0.3, -0.25) is 4.79 Å². The van der Waals surface area contributed by atoms with Crippen molar-refractivity contribution in [2.45, 2.75) is 12.5 Å². The number of aliphatic hydroxyl groups excluding tert-OH is 1. The lowest BCUT2D eigenvalue weighted by Gasteiger charge is -2.23. The summed E-state index contributed by atoms with van der Waals surface area (Å²) in [5.74, 6) is -0.0266. The normalized spacial score (nSPS) is 20.7.